The number of rotatable bonds is 4. The van der Waals surface area contributed by atoms with Gasteiger partial charge in [-0.3, -0.25) is 19.2 Å². The van der Waals surface area contributed by atoms with Gasteiger partial charge in [-0.25, -0.2) is 4.98 Å². The summed E-state index contributed by atoms with van der Waals surface area (Å²) in [4.78, 5) is 33.4. The van der Waals surface area contributed by atoms with E-state index in [-0.39, 0.29) is 11.8 Å². The number of carbonyl (C=O) groups is 2. The molecule has 0 radical (unpaired) electrons. The van der Waals surface area contributed by atoms with Crippen molar-refractivity contribution in [2.24, 2.45) is 7.05 Å². The standard InChI is InChI=1S/C18H24N6O2/c1-12-11-15(23(4)21-12)24-10-6-8-14(18(24)26)20-17(25)13-7-5-9-19-16(13)22(2)3/h5,7,9,11,14H,6,8,10H2,1-4H3,(H,20,25). The lowest BCUT2D eigenvalue weighted by molar-refractivity contribution is -0.121. The molecular formula is C18H24N6O2. The van der Waals surface area contributed by atoms with E-state index in [2.05, 4.69) is 15.4 Å². The van der Waals surface area contributed by atoms with E-state index in [0.717, 1.165) is 17.9 Å². The van der Waals surface area contributed by atoms with Gasteiger partial charge in [-0.05, 0) is 31.9 Å². The van der Waals surface area contributed by atoms with Gasteiger partial charge in [0.15, 0.2) is 0 Å². The minimum atomic E-state index is -0.554. The number of pyridine rings is 1. The zero-order valence-electron chi connectivity index (χ0n) is 15.6. The third-order valence-corrected chi connectivity index (χ3v) is 4.45. The van der Waals surface area contributed by atoms with Crippen molar-refractivity contribution in [2.75, 3.05) is 30.4 Å². The molecule has 0 bridgehead atoms. The topological polar surface area (TPSA) is 83.4 Å². The van der Waals surface area contributed by atoms with Crippen LogP contribution in [-0.2, 0) is 11.8 Å². The van der Waals surface area contributed by atoms with Gasteiger partial charge in [0, 0.05) is 40.0 Å². The van der Waals surface area contributed by atoms with E-state index in [1.54, 1.807) is 32.8 Å². The molecule has 0 saturated carbocycles. The Morgan fingerprint density at radius 1 is 1.38 bits per heavy atom. The van der Waals surface area contributed by atoms with Crippen molar-refractivity contribution in [1.29, 1.82) is 0 Å². The molecular weight excluding hydrogens is 332 g/mol. The number of amides is 2. The van der Waals surface area contributed by atoms with E-state index < -0.39 is 6.04 Å². The van der Waals surface area contributed by atoms with Crippen LogP contribution in [0.1, 0.15) is 28.9 Å². The molecule has 138 valence electrons. The van der Waals surface area contributed by atoms with Crippen LogP contribution in [0.3, 0.4) is 0 Å². The fourth-order valence-electron chi connectivity index (χ4n) is 3.25. The first-order valence-corrected chi connectivity index (χ1v) is 8.63. The highest BCUT2D eigenvalue weighted by atomic mass is 16.2. The van der Waals surface area contributed by atoms with E-state index in [9.17, 15) is 9.59 Å². The largest absolute Gasteiger partial charge is 0.362 e. The summed E-state index contributed by atoms with van der Waals surface area (Å²) >= 11 is 0. The normalized spacial score (nSPS) is 17.3. The van der Waals surface area contributed by atoms with Crippen LogP contribution < -0.4 is 15.1 Å². The van der Waals surface area contributed by atoms with Crippen molar-refractivity contribution >= 4 is 23.5 Å². The summed E-state index contributed by atoms with van der Waals surface area (Å²) in [5.41, 5.74) is 1.31. The van der Waals surface area contributed by atoms with Crippen LogP contribution in [-0.4, -0.2) is 53.3 Å². The first kappa shape index (κ1) is 17.9. The number of piperidine rings is 1. The summed E-state index contributed by atoms with van der Waals surface area (Å²) in [7, 11) is 5.48. The Morgan fingerprint density at radius 2 is 2.15 bits per heavy atom. The number of hydrogen-bond donors (Lipinski definition) is 1. The molecule has 2 aromatic rings. The third-order valence-electron chi connectivity index (χ3n) is 4.45. The second-order valence-electron chi connectivity index (χ2n) is 6.69. The lowest BCUT2D eigenvalue weighted by Gasteiger charge is -2.32. The maximum absolute atomic E-state index is 12.9. The Morgan fingerprint density at radius 3 is 2.81 bits per heavy atom. The highest BCUT2D eigenvalue weighted by Gasteiger charge is 2.33. The smallest absolute Gasteiger partial charge is 0.255 e. The van der Waals surface area contributed by atoms with E-state index in [0.29, 0.717) is 24.3 Å². The number of aryl methyl sites for hydroxylation is 2. The van der Waals surface area contributed by atoms with Gasteiger partial charge < -0.3 is 10.2 Å². The van der Waals surface area contributed by atoms with Crippen LogP contribution in [0.5, 0.6) is 0 Å². The van der Waals surface area contributed by atoms with Crippen LogP contribution in [0.4, 0.5) is 11.6 Å². The second kappa shape index (κ2) is 7.15. The molecule has 1 atom stereocenters. The Balaban J connectivity index is 1.79. The summed E-state index contributed by atoms with van der Waals surface area (Å²) in [6.45, 7) is 2.52. The van der Waals surface area contributed by atoms with E-state index in [1.807, 2.05) is 34.1 Å². The van der Waals surface area contributed by atoms with Crippen LogP contribution in [0.25, 0.3) is 0 Å². The molecule has 2 amide bonds. The van der Waals surface area contributed by atoms with E-state index >= 15 is 0 Å². The lowest BCUT2D eigenvalue weighted by Crippen LogP contribution is -2.53. The fraction of sp³-hybridized carbons (Fsp3) is 0.444. The Labute approximate surface area is 152 Å². The SMILES string of the molecule is Cc1cc(N2CCCC(NC(=O)c3cccnc3N(C)C)C2=O)n(C)n1. The quantitative estimate of drug-likeness (QED) is 0.887. The summed E-state index contributed by atoms with van der Waals surface area (Å²) < 4.78 is 1.70. The monoisotopic (exact) mass is 356 g/mol. The summed E-state index contributed by atoms with van der Waals surface area (Å²) in [6.07, 6.45) is 3.08. The average Bonchev–Trinajstić information content (AvgIpc) is 2.94. The molecule has 3 rings (SSSR count). The number of carbonyl (C=O) groups excluding carboxylic acids is 2. The second-order valence-corrected chi connectivity index (χ2v) is 6.69. The minimum absolute atomic E-state index is 0.108. The minimum Gasteiger partial charge on any atom is -0.362 e. The maximum atomic E-state index is 12.9. The van der Waals surface area contributed by atoms with Crippen LogP contribution in [0.2, 0.25) is 0 Å². The van der Waals surface area contributed by atoms with Crippen molar-refractivity contribution in [2.45, 2.75) is 25.8 Å². The van der Waals surface area contributed by atoms with Gasteiger partial charge >= 0.3 is 0 Å². The molecule has 1 aliphatic heterocycles. The number of nitrogens with one attached hydrogen (secondary N) is 1. The first-order valence-electron chi connectivity index (χ1n) is 8.63. The van der Waals surface area contributed by atoms with E-state index in [1.165, 1.54) is 0 Å². The van der Waals surface area contributed by atoms with Gasteiger partial charge in [0.2, 0.25) is 0 Å². The third kappa shape index (κ3) is 3.40. The van der Waals surface area contributed by atoms with Gasteiger partial charge in [0.25, 0.3) is 11.8 Å². The van der Waals surface area contributed by atoms with Crippen molar-refractivity contribution < 1.29 is 9.59 Å². The van der Waals surface area contributed by atoms with Crippen molar-refractivity contribution in [3.05, 3.63) is 35.7 Å². The van der Waals surface area contributed by atoms with Crippen molar-refractivity contribution in [1.82, 2.24) is 20.1 Å². The maximum Gasteiger partial charge on any atom is 0.255 e. The number of anilines is 2. The molecule has 1 unspecified atom stereocenters. The Hall–Kier alpha value is -2.90. The highest BCUT2D eigenvalue weighted by Crippen LogP contribution is 2.22. The number of hydrogen-bond acceptors (Lipinski definition) is 5. The molecule has 2 aromatic heterocycles. The summed E-state index contributed by atoms with van der Waals surface area (Å²) in [5.74, 6) is 0.931. The number of nitrogens with zero attached hydrogens (tertiary/aromatic N) is 5. The molecule has 0 aliphatic carbocycles. The predicted molar refractivity (Wildman–Crippen MR) is 99.4 cm³/mol. The van der Waals surface area contributed by atoms with Gasteiger partial charge in [-0.1, -0.05) is 0 Å². The van der Waals surface area contributed by atoms with Crippen LogP contribution >= 0.6 is 0 Å². The average molecular weight is 356 g/mol. The van der Waals surface area contributed by atoms with Gasteiger partial charge in [-0.2, -0.15) is 5.10 Å². The van der Waals surface area contributed by atoms with Gasteiger partial charge in [0.1, 0.15) is 17.7 Å². The zero-order valence-corrected chi connectivity index (χ0v) is 15.6. The summed E-state index contributed by atoms with van der Waals surface area (Å²) in [5, 5.41) is 7.19. The molecule has 1 aliphatic rings. The molecule has 1 saturated heterocycles. The highest BCUT2D eigenvalue weighted by molar-refractivity contribution is 6.04. The molecule has 0 aromatic carbocycles. The molecule has 1 fully saturated rings. The molecule has 8 heteroatoms. The molecule has 3 heterocycles. The molecule has 0 spiro atoms. The van der Waals surface area contributed by atoms with Gasteiger partial charge in [-0.15, -0.1) is 0 Å². The number of aromatic nitrogens is 3. The fourth-order valence-corrected chi connectivity index (χ4v) is 3.25. The van der Waals surface area contributed by atoms with Gasteiger partial charge in [0.05, 0.1) is 11.3 Å². The lowest BCUT2D eigenvalue weighted by atomic mass is 10.0. The Kier molecular flexibility index (Phi) is 4.92. The van der Waals surface area contributed by atoms with E-state index in [4.69, 9.17) is 0 Å². The van der Waals surface area contributed by atoms with Crippen LogP contribution in [0.15, 0.2) is 24.4 Å². The Bertz CT molecular complexity index is 829. The molecule has 26 heavy (non-hydrogen) atoms. The first-order chi connectivity index (χ1) is 12.4. The molecule has 1 N–H and O–H groups in total. The van der Waals surface area contributed by atoms with Crippen molar-refractivity contribution in [3.8, 4) is 0 Å². The van der Waals surface area contributed by atoms with Crippen LogP contribution in [0, 0.1) is 6.92 Å². The summed E-state index contributed by atoms with van der Waals surface area (Å²) in [6, 6.07) is 4.76. The predicted octanol–water partition coefficient (Wildman–Crippen LogP) is 1.11. The zero-order chi connectivity index (χ0) is 18.8. The molecule has 8 nitrogen and oxygen atoms in total. The van der Waals surface area contributed by atoms with Crippen molar-refractivity contribution in [3.63, 3.8) is 0 Å².